The van der Waals surface area contributed by atoms with Gasteiger partial charge >= 0.3 is 0 Å². The van der Waals surface area contributed by atoms with Crippen molar-refractivity contribution in [2.75, 3.05) is 13.4 Å². The molecule has 4 aromatic rings. The monoisotopic (exact) mass is 419 g/mol. The van der Waals surface area contributed by atoms with Gasteiger partial charge in [-0.15, -0.1) is 16.4 Å². The van der Waals surface area contributed by atoms with E-state index in [9.17, 15) is 8.42 Å². The molecule has 8 nitrogen and oxygen atoms in total. The molecule has 0 aliphatic heterocycles. The summed E-state index contributed by atoms with van der Waals surface area (Å²) in [7, 11) is -1.65. The zero-order chi connectivity index (χ0) is 19.0. The first-order valence-corrected chi connectivity index (χ1v) is 11.2. The lowest BCUT2D eigenvalue weighted by atomic mass is 10.3. The normalized spacial score (nSPS) is 11.8. The zero-order valence-electron chi connectivity index (χ0n) is 14.2. The van der Waals surface area contributed by atoms with E-state index < -0.39 is 9.84 Å². The van der Waals surface area contributed by atoms with Crippen LogP contribution in [0.5, 0.6) is 5.75 Å². The molecular weight excluding hydrogens is 406 g/mol. The average Bonchev–Trinajstić information content (AvgIpc) is 3.27. The molecule has 2 heterocycles. The van der Waals surface area contributed by atoms with Crippen LogP contribution in [0.25, 0.3) is 15.9 Å². The second-order valence-corrected chi connectivity index (χ2v) is 9.82. The molecule has 0 aliphatic carbocycles. The minimum absolute atomic E-state index is 0.276. The van der Waals surface area contributed by atoms with Gasteiger partial charge in [0.25, 0.3) is 0 Å². The molecule has 0 fully saturated rings. The van der Waals surface area contributed by atoms with E-state index in [0.717, 1.165) is 26.0 Å². The van der Waals surface area contributed by atoms with E-state index in [1.165, 1.54) is 29.4 Å². The summed E-state index contributed by atoms with van der Waals surface area (Å²) in [6.07, 6.45) is 1.19. The number of rotatable bonds is 5. The summed E-state index contributed by atoms with van der Waals surface area (Å²) in [6.45, 7) is 0. The standard InChI is InChI=1S/C16H13N5O3S3/c1-24-11-5-3-10(4-6-11)21-15(18-19-20-21)26-16-17-13-8-7-12(27(2,22)23)9-14(13)25-16/h3-9H,1-2H3. The fourth-order valence-electron chi connectivity index (χ4n) is 2.36. The van der Waals surface area contributed by atoms with Crippen LogP contribution in [0.2, 0.25) is 0 Å². The first kappa shape index (κ1) is 17.9. The maximum Gasteiger partial charge on any atom is 0.221 e. The van der Waals surface area contributed by atoms with Crippen LogP contribution in [0, 0.1) is 0 Å². The molecule has 138 valence electrons. The first-order valence-electron chi connectivity index (χ1n) is 7.65. The fraction of sp³-hybridized carbons (Fsp3) is 0.125. The molecule has 0 amide bonds. The predicted octanol–water partition coefficient (Wildman–Crippen LogP) is 2.84. The van der Waals surface area contributed by atoms with E-state index in [4.69, 9.17) is 4.74 Å². The number of thiazole rings is 1. The summed E-state index contributed by atoms with van der Waals surface area (Å²) in [4.78, 5) is 4.81. The van der Waals surface area contributed by atoms with Gasteiger partial charge in [0.1, 0.15) is 5.75 Å². The van der Waals surface area contributed by atoms with Crippen molar-refractivity contribution in [2.45, 2.75) is 14.4 Å². The lowest BCUT2D eigenvalue weighted by Crippen LogP contribution is -1.98. The molecule has 0 saturated heterocycles. The third kappa shape index (κ3) is 3.66. The zero-order valence-corrected chi connectivity index (χ0v) is 16.7. The van der Waals surface area contributed by atoms with E-state index in [-0.39, 0.29) is 4.90 Å². The molecule has 2 aromatic heterocycles. The van der Waals surface area contributed by atoms with Crippen molar-refractivity contribution in [3.8, 4) is 11.4 Å². The number of nitrogens with zero attached hydrogens (tertiary/aromatic N) is 5. The summed E-state index contributed by atoms with van der Waals surface area (Å²) in [5.41, 5.74) is 1.53. The van der Waals surface area contributed by atoms with Gasteiger partial charge in [-0.2, -0.15) is 4.68 Å². The molecule has 27 heavy (non-hydrogen) atoms. The summed E-state index contributed by atoms with van der Waals surface area (Å²) in [5, 5.41) is 12.4. The van der Waals surface area contributed by atoms with Crippen molar-refractivity contribution in [1.29, 1.82) is 0 Å². The van der Waals surface area contributed by atoms with Crippen LogP contribution in [-0.2, 0) is 9.84 Å². The van der Waals surface area contributed by atoms with Crippen LogP contribution in [0.3, 0.4) is 0 Å². The number of hydrogen-bond donors (Lipinski definition) is 0. The molecule has 0 N–H and O–H groups in total. The largest absolute Gasteiger partial charge is 0.497 e. The lowest BCUT2D eigenvalue weighted by Gasteiger charge is -2.04. The van der Waals surface area contributed by atoms with Crippen molar-refractivity contribution in [3.63, 3.8) is 0 Å². The number of ether oxygens (including phenoxy) is 1. The molecule has 0 unspecified atom stereocenters. The number of fused-ring (bicyclic) bond motifs is 1. The summed E-state index contributed by atoms with van der Waals surface area (Å²) in [5.74, 6) is 0.744. The first-order chi connectivity index (χ1) is 12.9. The Morgan fingerprint density at radius 2 is 1.93 bits per heavy atom. The van der Waals surface area contributed by atoms with Crippen LogP contribution in [-0.4, -0.2) is 47.0 Å². The van der Waals surface area contributed by atoms with Gasteiger partial charge in [-0.1, -0.05) is 0 Å². The molecule has 0 atom stereocenters. The van der Waals surface area contributed by atoms with Crippen molar-refractivity contribution >= 4 is 43.2 Å². The number of methoxy groups -OCH3 is 1. The maximum atomic E-state index is 11.7. The molecule has 0 bridgehead atoms. The van der Waals surface area contributed by atoms with E-state index in [1.807, 2.05) is 24.3 Å². The summed E-state index contributed by atoms with van der Waals surface area (Å²) < 4.78 is 31.7. The van der Waals surface area contributed by atoms with Crippen LogP contribution in [0.4, 0.5) is 0 Å². The van der Waals surface area contributed by atoms with Crippen LogP contribution in [0.15, 0.2) is 56.9 Å². The fourth-order valence-corrected chi connectivity index (χ4v) is 5.09. The molecule has 4 rings (SSSR count). The highest BCUT2D eigenvalue weighted by atomic mass is 32.2. The van der Waals surface area contributed by atoms with Crippen molar-refractivity contribution in [1.82, 2.24) is 25.2 Å². The SMILES string of the molecule is COc1ccc(-n2nnnc2Sc2nc3ccc(S(C)(=O)=O)cc3s2)cc1. The highest BCUT2D eigenvalue weighted by molar-refractivity contribution is 8.01. The molecule has 11 heteroatoms. The maximum absolute atomic E-state index is 11.7. The Morgan fingerprint density at radius 3 is 2.63 bits per heavy atom. The lowest BCUT2D eigenvalue weighted by molar-refractivity contribution is 0.414. The van der Waals surface area contributed by atoms with E-state index in [0.29, 0.717) is 5.16 Å². The van der Waals surface area contributed by atoms with Crippen LogP contribution in [0.1, 0.15) is 0 Å². The smallest absolute Gasteiger partial charge is 0.221 e. The highest BCUT2D eigenvalue weighted by Crippen LogP contribution is 2.34. The van der Waals surface area contributed by atoms with Crippen LogP contribution >= 0.6 is 23.1 Å². The Balaban J connectivity index is 1.66. The third-order valence-electron chi connectivity index (χ3n) is 3.70. The topological polar surface area (TPSA) is 99.9 Å². The minimum atomic E-state index is -3.26. The summed E-state index contributed by atoms with van der Waals surface area (Å²) in [6, 6.07) is 12.3. The third-order valence-corrected chi connectivity index (χ3v) is 6.83. The second-order valence-electron chi connectivity index (χ2n) is 5.55. The second kappa shape index (κ2) is 6.91. The van der Waals surface area contributed by atoms with Gasteiger partial charge in [0.2, 0.25) is 5.16 Å². The van der Waals surface area contributed by atoms with Crippen molar-refractivity contribution in [3.05, 3.63) is 42.5 Å². The number of hydrogen-bond acceptors (Lipinski definition) is 9. The highest BCUT2D eigenvalue weighted by Gasteiger charge is 2.15. The van der Waals surface area contributed by atoms with Crippen molar-refractivity contribution in [2.24, 2.45) is 0 Å². The van der Waals surface area contributed by atoms with Gasteiger partial charge in [0.15, 0.2) is 14.2 Å². The predicted molar refractivity (Wildman–Crippen MR) is 103 cm³/mol. The minimum Gasteiger partial charge on any atom is -0.497 e. The number of tetrazole rings is 1. The number of benzene rings is 2. The Kier molecular flexibility index (Phi) is 4.58. The van der Waals surface area contributed by atoms with E-state index in [2.05, 4.69) is 20.5 Å². The van der Waals surface area contributed by atoms with Gasteiger partial charge in [-0.05, 0) is 64.7 Å². The molecule has 0 aliphatic rings. The summed E-state index contributed by atoms with van der Waals surface area (Å²) >= 11 is 2.71. The van der Waals surface area contributed by atoms with Gasteiger partial charge in [0.05, 0.1) is 27.9 Å². The number of aromatic nitrogens is 5. The van der Waals surface area contributed by atoms with E-state index >= 15 is 0 Å². The Bertz CT molecular complexity index is 1220. The van der Waals surface area contributed by atoms with Crippen molar-refractivity contribution < 1.29 is 13.2 Å². The average molecular weight is 420 g/mol. The Labute approximate surface area is 163 Å². The molecule has 0 radical (unpaired) electrons. The Hall–Kier alpha value is -2.50. The van der Waals surface area contributed by atoms with Gasteiger partial charge in [-0.3, -0.25) is 0 Å². The Morgan fingerprint density at radius 1 is 1.15 bits per heavy atom. The van der Waals surface area contributed by atoms with Crippen LogP contribution < -0.4 is 4.74 Å². The molecule has 0 saturated carbocycles. The molecule has 0 spiro atoms. The van der Waals surface area contributed by atoms with E-state index in [1.54, 1.807) is 30.0 Å². The molecule has 2 aromatic carbocycles. The van der Waals surface area contributed by atoms with Gasteiger partial charge in [-0.25, -0.2) is 13.4 Å². The number of sulfone groups is 1. The van der Waals surface area contributed by atoms with Gasteiger partial charge < -0.3 is 4.74 Å². The quantitative estimate of drug-likeness (QED) is 0.487. The van der Waals surface area contributed by atoms with Gasteiger partial charge in [0, 0.05) is 6.26 Å². The molecular formula is C16H13N5O3S3.